The first-order valence-corrected chi connectivity index (χ1v) is 8.43. The molecule has 0 aromatic heterocycles. The molecule has 0 aromatic rings. The summed E-state index contributed by atoms with van der Waals surface area (Å²) in [6.07, 6.45) is 4.92. The van der Waals surface area contributed by atoms with Crippen LogP contribution in [0, 0.1) is 23.2 Å². The molecule has 1 aliphatic heterocycles. The van der Waals surface area contributed by atoms with E-state index in [-0.39, 0.29) is 0 Å². The van der Waals surface area contributed by atoms with Crippen LogP contribution in [0.5, 0.6) is 0 Å². The van der Waals surface area contributed by atoms with Crippen LogP contribution in [0.2, 0.25) is 0 Å². The Morgan fingerprint density at radius 3 is 2.50 bits per heavy atom. The highest BCUT2D eigenvalue weighted by Crippen LogP contribution is 2.40. The Morgan fingerprint density at radius 2 is 1.90 bits per heavy atom. The first-order chi connectivity index (χ1) is 9.32. The summed E-state index contributed by atoms with van der Waals surface area (Å²) in [4.78, 5) is 2.50. The van der Waals surface area contributed by atoms with E-state index in [1.165, 1.54) is 25.7 Å². The number of hydrogen-bond donors (Lipinski definition) is 2. The van der Waals surface area contributed by atoms with Crippen LogP contribution >= 0.6 is 0 Å². The van der Waals surface area contributed by atoms with Gasteiger partial charge in [0.1, 0.15) is 0 Å². The predicted octanol–water partition coefficient (Wildman–Crippen LogP) is 2.48. The summed E-state index contributed by atoms with van der Waals surface area (Å²) in [6, 6.07) is 0.709. The summed E-state index contributed by atoms with van der Waals surface area (Å²) in [5, 5.41) is 9.61. The normalized spacial score (nSPS) is 40.2. The highest BCUT2D eigenvalue weighted by Gasteiger charge is 2.38. The van der Waals surface area contributed by atoms with Crippen LogP contribution in [0.4, 0.5) is 0 Å². The lowest BCUT2D eigenvalue weighted by Crippen LogP contribution is -2.47. The molecular formula is C17H34N2O. The highest BCUT2D eigenvalue weighted by molar-refractivity contribution is 4.92. The number of likely N-dealkylation sites (tertiary alicyclic amines) is 1. The van der Waals surface area contributed by atoms with Crippen LogP contribution in [0.25, 0.3) is 0 Å². The Bertz CT molecular complexity index is 313. The molecule has 20 heavy (non-hydrogen) atoms. The molecule has 2 fully saturated rings. The predicted molar refractivity (Wildman–Crippen MR) is 84.5 cm³/mol. The summed E-state index contributed by atoms with van der Waals surface area (Å²) >= 11 is 0. The van der Waals surface area contributed by atoms with E-state index in [1.807, 2.05) is 0 Å². The molecule has 1 saturated heterocycles. The third-order valence-electron chi connectivity index (χ3n) is 5.92. The van der Waals surface area contributed by atoms with Crippen LogP contribution in [0.15, 0.2) is 0 Å². The third kappa shape index (κ3) is 3.55. The molecule has 118 valence electrons. The van der Waals surface area contributed by atoms with Crippen LogP contribution < -0.4 is 5.73 Å². The van der Waals surface area contributed by atoms with Crippen molar-refractivity contribution in [2.45, 2.75) is 65.5 Å². The van der Waals surface area contributed by atoms with Gasteiger partial charge in [0.05, 0.1) is 6.61 Å². The smallest absolute Gasteiger partial charge is 0.0589 e. The molecule has 3 nitrogen and oxygen atoms in total. The summed E-state index contributed by atoms with van der Waals surface area (Å²) in [6.45, 7) is 11.9. The third-order valence-corrected chi connectivity index (χ3v) is 5.92. The van der Waals surface area contributed by atoms with Crippen molar-refractivity contribution in [1.29, 1.82) is 0 Å². The first-order valence-electron chi connectivity index (χ1n) is 8.43. The maximum absolute atomic E-state index is 9.61. The standard InChI is InChI=1S/C17H34N2O/c1-12-7-8-19(16(12)11-20)10-13-9-14(17(2,3)4)5-6-15(13)18/h12-16,20H,5-11,18H2,1-4H3. The van der Waals surface area contributed by atoms with Gasteiger partial charge in [0.25, 0.3) is 0 Å². The summed E-state index contributed by atoms with van der Waals surface area (Å²) < 4.78 is 0. The molecule has 0 amide bonds. The van der Waals surface area contributed by atoms with Gasteiger partial charge in [0, 0.05) is 18.6 Å². The molecule has 3 heteroatoms. The van der Waals surface area contributed by atoms with Gasteiger partial charge in [-0.2, -0.15) is 0 Å². The minimum Gasteiger partial charge on any atom is -0.395 e. The van der Waals surface area contributed by atoms with Crippen LogP contribution in [0.1, 0.15) is 53.4 Å². The largest absolute Gasteiger partial charge is 0.395 e. The SMILES string of the molecule is CC1CCN(CC2CC(C(C)(C)C)CCC2N)C1CO. The van der Waals surface area contributed by atoms with E-state index in [0.717, 1.165) is 19.0 Å². The zero-order valence-electron chi connectivity index (χ0n) is 13.8. The van der Waals surface area contributed by atoms with Crippen molar-refractivity contribution in [3.63, 3.8) is 0 Å². The van der Waals surface area contributed by atoms with E-state index in [0.29, 0.717) is 35.9 Å². The molecule has 2 rings (SSSR count). The van der Waals surface area contributed by atoms with E-state index in [1.54, 1.807) is 0 Å². The quantitative estimate of drug-likeness (QED) is 0.836. The van der Waals surface area contributed by atoms with E-state index in [4.69, 9.17) is 5.73 Å². The molecule has 0 aromatic carbocycles. The van der Waals surface area contributed by atoms with Gasteiger partial charge < -0.3 is 10.8 Å². The van der Waals surface area contributed by atoms with E-state index >= 15 is 0 Å². The number of nitrogens with zero attached hydrogens (tertiary/aromatic N) is 1. The van der Waals surface area contributed by atoms with Gasteiger partial charge in [-0.25, -0.2) is 0 Å². The molecule has 0 bridgehead atoms. The summed E-state index contributed by atoms with van der Waals surface area (Å²) in [5.74, 6) is 2.02. The van der Waals surface area contributed by atoms with Crippen molar-refractivity contribution in [1.82, 2.24) is 4.90 Å². The second-order valence-corrected chi connectivity index (χ2v) is 8.31. The monoisotopic (exact) mass is 282 g/mol. The molecule has 1 saturated carbocycles. The fourth-order valence-electron chi connectivity index (χ4n) is 4.19. The Morgan fingerprint density at radius 1 is 1.20 bits per heavy atom. The number of rotatable bonds is 3. The summed E-state index contributed by atoms with van der Waals surface area (Å²) in [7, 11) is 0. The Kier molecular flexibility index (Phi) is 5.14. The second kappa shape index (κ2) is 6.33. The fraction of sp³-hybridized carbons (Fsp3) is 1.00. The second-order valence-electron chi connectivity index (χ2n) is 8.31. The molecule has 5 unspecified atom stereocenters. The van der Waals surface area contributed by atoms with Gasteiger partial charge in [-0.3, -0.25) is 4.90 Å². The highest BCUT2D eigenvalue weighted by atomic mass is 16.3. The number of hydrogen-bond acceptors (Lipinski definition) is 3. The van der Waals surface area contributed by atoms with Crippen molar-refractivity contribution >= 4 is 0 Å². The number of nitrogens with two attached hydrogens (primary N) is 1. The fourth-order valence-corrected chi connectivity index (χ4v) is 4.19. The minimum atomic E-state index is 0.297. The molecule has 0 spiro atoms. The lowest BCUT2D eigenvalue weighted by Gasteiger charge is -2.42. The van der Waals surface area contributed by atoms with Crippen LogP contribution in [-0.4, -0.2) is 41.8 Å². The Labute approximate surface area is 124 Å². The van der Waals surface area contributed by atoms with Gasteiger partial charge in [0.15, 0.2) is 0 Å². The van der Waals surface area contributed by atoms with Crippen molar-refractivity contribution in [2.24, 2.45) is 28.9 Å². The van der Waals surface area contributed by atoms with Crippen LogP contribution in [-0.2, 0) is 0 Å². The number of aliphatic hydroxyl groups is 1. The number of aliphatic hydroxyl groups excluding tert-OH is 1. The van der Waals surface area contributed by atoms with Crippen molar-refractivity contribution in [2.75, 3.05) is 19.7 Å². The van der Waals surface area contributed by atoms with Crippen molar-refractivity contribution in [3.05, 3.63) is 0 Å². The lowest BCUT2D eigenvalue weighted by molar-refractivity contribution is 0.0756. The average Bonchev–Trinajstić information content (AvgIpc) is 2.71. The lowest BCUT2D eigenvalue weighted by atomic mass is 9.67. The Balaban J connectivity index is 1.96. The van der Waals surface area contributed by atoms with E-state index in [9.17, 15) is 5.11 Å². The molecule has 5 atom stereocenters. The topological polar surface area (TPSA) is 49.5 Å². The molecule has 1 aliphatic carbocycles. The van der Waals surface area contributed by atoms with Gasteiger partial charge in [-0.15, -0.1) is 0 Å². The zero-order valence-corrected chi connectivity index (χ0v) is 13.8. The Hall–Kier alpha value is -0.120. The van der Waals surface area contributed by atoms with Crippen molar-refractivity contribution < 1.29 is 5.11 Å². The van der Waals surface area contributed by atoms with Crippen molar-refractivity contribution in [3.8, 4) is 0 Å². The zero-order chi connectivity index (χ0) is 14.9. The van der Waals surface area contributed by atoms with Gasteiger partial charge in [0.2, 0.25) is 0 Å². The minimum absolute atomic E-state index is 0.297. The van der Waals surface area contributed by atoms with Gasteiger partial charge >= 0.3 is 0 Å². The maximum Gasteiger partial charge on any atom is 0.0589 e. The molecule has 3 N–H and O–H groups in total. The van der Waals surface area contributed by atoms with Crippen LogP contribution in [0.3, 0.4) is 0 Å². The molecular weight excluding hydrogens is 248 g/mol. The van der Waals surface area contributed by atoms with Gasteiger partial charge in [-0.1, -0.05) is 27.7 Å². The van der Waals surface area contributed by atoms with E-state index < -0.39 is 0 Å². The van der Waals surface area contributed by atoms with E-state index in [2.05, 4.69) is 32.6 Å². The van der Waals surface area contributed by atoms with Gasteiger partial charge in [-0.05, 0) is 55.4 Å². The maximum atomic E-state index is 9.61. The summed E-state index contributed by atoms with van der Waals surface area (Å²) in [5.41, 5.74) is 6.79. The molecule has 2 aliphatic rings. The first kappa shape index (κ1) is 16.3. The molecule has 0 radical (unpaired) electrons. The molecule has 1 heterocycles. The average molecular weight is 282 g/mol.